The summed E-state index contributed by atoms with van der Waals surface area (Å²) < 4.78 is 0. The molecule has 2 aliphatic rings. The molecule has 6 nitrogen and oxygen atoms in total. The number of piperazine rings is 1. The molecule has 2 saturated heterocycles. The standard InChI is InChI=1S/C24H35N5OS/c1-26-10-8-22(9-11-26)28(3)23(30)16-21-18-31-24(25-21)20-6-4-19(5-7-20)17-29-14-12-27(2)13-15-29/h4-7,18,22H,8-17H2,1-3H3. The summed E-state index contributed by atoms with van der Waals surface area (Å²) in [7, 11) is 6.28. The Labute approximate surface area is 190 Å². The molecule has 1 aromatic carbocycles. The number of amides is 1. The van der Waals surface area contributed by atoms with Gasteiger partial charge < -0.3 is 14.7 Å². The summed E-state index contributed by atoms with van der Waals surface area (Å²) in [5, 5.41) is 3.03. The minimum Gasteiger partial charge on any atom is -0.342 e. The molecule has 0 atom stereocenters. The number of piperidine rings is 1. The number of carbonyl (C=O) groups is 1. The van der Waals surface area contributed by atoms with Gasteiger partial charge >= 0.3 is 0 Å². The smallest absolute Gasteiger partial charge is 0.228 e. The Bertz CT molecular complexity index is 851. The third-order valence-electron chi connectivity index (χ3n) is 6.72. The number of rotatable bonds is 6. The Morgan fingerprint density at radius 1 is 1.03 bits per heavy atom. The van der Waals surface area contributed by atoms with Gasteiger partial charge in [0.1, 0.15) is 5.01 Å². The van der Waals surface area contributed by atoms with E-state index in [2.05, 4.69) is 53.1 Å². The quantitative estimate of drug-likeness (QED) is 0.690. The lowest BCUT2D eigenvalue weighted by Gasteiger charge is -2.35. The molecular formula is C24H35N5OS. The zero-order chi connectivity index (χ0) is 21.8. The lowest BCUT2D eigenvalue weighted by atomic mass is 10.0. The van der Waals surface area contributed by atoms with Crippen molar-refractivity contribution < 1.29 is 4.79 Å². The molecular weight excluding hydrogens is 406 g/mol. The number of carbonyl (C=O) groups excluding carboxylic acids is 1. The number of nitrogens with zero attached hydrogens (tertiary/aromatic N) is 5. The van der Waals surface area contributed by atoms with Gasteiger partial charge in [0.05, 0.1) is 12.1 Å². The maximum atomic E-state index is 12.8. The number of hydrogen-bond acceptors (Lipinski definition) is 6. The lowest BCUT2D eigenvalue weighted by molar-refractivity contribution is -0.132. The second-order valence-corrected chi connectivity index (χ2v) is 9.99. The zero-order valence-electron chi connectivity index (χ0n) is 19.1. The first kappa shape index (κ1) is 22.4. The predicted molar refractivity (Wildman–Crippen MR) is 127 cm³/mol. The molecule has 3 heterocycles. The van der Waals surface area contributed by atoms with Gasteiger partial charge in [-0.1, -0.05) is 24.3 Å². The summed E-state index contributed by atoms with van der Waals surface area (Å²) in [6.45, 7) is 7.69. The van der Waals surface area contributed by atoms with Crippen molar-refractivity contribution in [3.8, 4) is 10.6 Å². The monoisotopic (exact) mass is 441 g/mol. The molecule has 4 rings (SSSR count). The molecule has 2 fully saturated rings. The van der Waals surface area contributed by atoms with Gasteiger partial charge in [0, 0.05) is 56.8 Å². The summed E-state index contributed by atoms with van der Waals surface area (Å²) in [4.78, 5) is 26.7. The molecule has 1 aromatic heterocycles. The van der Waals surface area contributed by atoms with Crippen LogP contribution in [0.4, 0.5) is 0 Å². The molecule has 0 unspecified atom stereocenters. The first-order valence-corrected chi connectivity index (χ1v) is 12.2. The Hall–Kier alpha value is -1.80. The number of likely N-dealkylation sites (tertiary alicyclic amines) is 1. The minimum absolute atomic E-state index is 0.175. The molecule has 0 bridgehead atoms. The van der Waals surface area contributed by atoms with Crippen LogP contribution in [-0.2, 0) is 17.8 Å². The van der Waals surface area contributed by atoms with Crippen LogP contribution < -0.4 is 0 Å². The van der Waals surface area contributed by atoms with Crippen LogP contribution in [0.5, 0.6) is 0 Å². The van der Waals surface area contributed by atoms with Gasteiger partial charge in [-0.05, 0) is 45.6 Å². The summed E-state index contributed by atoms with van der Waals surface area (Å²) in [5.74, 6) is 0.175. The summed E-state index contributed by atoms with van der Waals surface area (Å²) in [6.07, 6.45) is 2.50. The van der Waals surface area contributed by atoms with Crippen molar-refractivity contribution in [2.75, 3.05) is 60.4 Å². The van der Waals surface area contributed by atoms with Crippen molar-refractivity contribution in [3.63, 3.8) is 0 Å². The zero-order valence-corrected chi connectivity index (χ0v) is 19.9. The van der Waals surface area contributed by atoms with Gasteiger partial charge in [-0.25, -0.2) is 4.98 Å². The molecule has 31 heavy (non-hydrogen) atoms. The van der Waals surface area contributed by atoms with Gasteiger partial charge in [-0.15, -0.1) is 11.3 Å². The van der Waals surface area contributed by atoms with Crippen LogP contribution in [-0.4, -0.2) is 96.9 Å². The average Bonchev–Trinajstić information content (AvgIpc) is 3.24. The van der Waals surface area contributed by atoms with Crippen LogP contribution in [0.1, 0.15) is 24.1 Å². The van der Waals surface area contributed by atoms with Crippen LogP contribution >= 0.6 is 11.3 Å². The fourth-order valence-electron chi connectivity index (χ4n) is 4.40. The minimum atomic E-state index is 0.175. The highest BCUT2D eigenvalue weighted by Crippen LogP contribution is 2.25. The van der Waals surface area contributed by atoms with Gasteiger partial charge in [-0.2, -0.15) is 0 Å². The molecule has 0 spiro atoms. The predicted octanol–water partition coefficient (Wildman–Crippen LogP) is 2.65. The SMILES string of the molecule is CN1CCC(N(C)C(=O)Cc2csc(-c3ccc(CN4CCN(C)CC4)cc3)n2)CC1. The lowest BCUT2D eigenvalue weighted by Crippen LogP contribution is -2.45. The van der Waals surface area contributed by atoms with Gasteiger partial charge in [0.25, 0.3) is 0 Å². The van der Waals surface area contributed by atoms with E-state index < -0.39 is 0 Å². The molecule has 168 valence electrons. The molecule has 0 aliphatic carbocycles. The Kier molecular flexibility index (Phi) is 7.38. The first-order chi connectivity index (χ1) is 15.0. The Balaban J connectivity index is 1.31. The van der Waals surface area contributed by atoms with Crippen molar-refractivity contribution in [2.45, 2.75) is 31.8 Å². The average molecular weight is 442 g/mol. The Morgan fingerprint density at radius 2 is 1.68 bits per heavy atom. The highest BCUT2D eigenvalue weighted by Gasteiger charge is 2.24. The molecule has 2 aromatic rings. The van der Waals surface area contributed by atoms with E-state index in [1.165, 1.54) is 5.56 Å². The van der Waals surface area contributed by atoms with E-state index >= 15 is 0 Å². The summed E-state index contributed by atoms with van der Waals surface area (Å²) in [5.41, 5.74) is 3.36. The van der Waals surface area contributed by atoms with E-state index in [4.69, 9.17) is 4.98 Å². The van der Waals surface area contributed by atoms with Gasteiger partial charge in [0.2, 0.25) is 5.91 Å². The number of likely N-dealkylation sites (N-methyl/N-ethyl adjacent to an activating group) is 2. The molecule has 0 radical (unpaired) electrons. The van der Waals surface area contributed by atoms with E-state index in [0.29, 0.717) is 12.5 Å². The van der Waals surface area contributed by atoms with Crippen molar-refractivity contribution in [3.05, 3.63) is 40.9 Å². The molecule has 0 N–H and O–H groups in total. The fourth-order valence-corrected chi connectivity index (χ4v) is 5.23. The van der Waals surface area contributed by atoms with Crippen LogP contribution in [0.25, 0.3) is 10.6 Å². The maximum Gasteiger partial charge on any atom is 0.228 e. The van der Waals surface area contributed by atoms with Crippen molar-refractivity contribution in [1.29, 1.82) is 0 Å². The van der Waals surface area contributed by atoms with Crippen molar-refractivity contribution in [1.82, 2.24) is 24.6 Å². The topological polar surface area (TPSA) is 42.9 Å². The van der Waals surface area contributed by atoms with E-state index in [1.807, 2.05) is 17.3 Å². The molecule has 1 amide bonds. The van der Waals surface area contributed by atoms with Gasteiger partial charge in [-0.3, -0.25) is 9.69 Å². The second-order valence-electron chi connectivity index (χ2n) is 9.14. The first-order valence-electron chi connectivity index (χ1n) is 11.4. The molecule has 7 heteroatoms. The maximum absolute atomic E-state index is 12.8. The van der Waals surface area contributed by atoms with Crippen LogP contribution in [0.15, 0.2) is 29.6 Å². The van der Waals surface area contributed by atoms with E-state index in [1.54, 1.807) is 11.3 Å². The molecule has 2 aliphatic heterocycles. The van der Waals surface area contributed by atoms with Crippen LogP contribution in [0.3, 0.4) is 0 Å². The number of benzene rings is 1. The number of aromatic nitrogens is 1. The molecule has 0 saturated carbocycles. The third-order valence-corrected chi connectivity index (χ3v) is 7.66. The summed E-state index contributed by atoms with van der Waals surface area (Å²) >= 11 is 1.63. The third kappa shape index (κ3) is 5.92. The van der Waals surface area contributed by atoms with Crippen LogP contribution in [0, 0.1) is 0 Å². The highest BCUT2D eigenvalue weighted by molar-refractivity contribution is 7.13. The second kappa shape index (κ2) is 10.2. The highest BCUT2D eigenvalue weighted by atomic mass is 32.1. The normalized spacial score (nSPS) is 19.6. The van der Waals surface area contributed by atoms with Crippen LogP contribution in [0.2, 0.25) is 0 Å². The van der Waals surface area contributed by atoms with Crippen molar-refractivity contribution in [2.24, 2.45) is 0 Å². The number of thiazole rings is 1. The van der Waals surface area contributed by atoms with E-state index in [-0.39, 0.29) is 5.91 Å². The van der Waals surface area contributed by atoms with E-state index in [0.717, 1.165) is 74.9 Å². The number of hydrogen-bond donors (Lipinski definition) is 0. The largest absolute Gasteiger partial charge is 0.342 e. The van der Waals surface area contributed by atoms with E-state index in [9.17, 15) is 4.79 Å². The Morgan fingerprint density at radius 3 is 2.35 bits per heavy atom. The van der Waals surface area contributed by atoms with Gasteiger partial charge in [0.15, 0.2) is 0 Å². The van der Waals surface area contributed by atoms with Crippen molar-refractivity contribution >= 4 is 17.2 Å². The fraction of sp³-hybridized carbons (Fsp3) is 0.583. The summed E-state index contributed by atoms with van der Waals surface area (Å²) in [6, 6.07) is 9.12.